The third-order valence-corrected chi connectivity index (χ3v) is 11.1. The second-order valence-corrected chi connectivity index (χ2v) is 16.6. The summed E-state index contributed by atoms with van der Waals surface area (Å²) in [6.07, 6.45) is 16.3. The second kappa shape index (κ2) is 21.4. The molecule has 0 unspecified atom stereocenters. The molecule has 2 saturated carbocycles. The maximum atomic E-state index is 12.5. The topological polar surface area (TPSA) is 185 Å². The van der Waals surface area contributed by atoms with E-state index in [0.717, 1.165) is 47.6 Å². The van der Waals surface area contributed by atoms with E-state index >= 15 is 0 Å². The van der Waals surface area contributed by atoms with E-state index in [4.69, 9.17) is 11.6 Å². The lowest BCUT2D eigenvalue weighted by Gasteiger charge is -2.26. The molecular weight excluding hydrogens is 840 g/mol. The van der Waals surface area contributed by atoms with Gasteiger partial charge in [0.05, 0.1) is 22.5 Å². The lowest BCUT2D eigenvalue weighted by molar-refractivity contribution is 0.228. The van der Waals surface area contributed by atoms with Crippen molar-refractivity contribution in [1.29, 1.82) is 0 Å². The van der Waals surface area contributed by atoms with E-state index in [9.17, 15) is 9.59 Å². The van der Waals surface area contributed by atoms with E-state index in [1.807, 2.05) is 62.6 Å². The molecule has 0 bridgehead atoms. The van der Waals surface area contributed by atoms with Gasteiger partial charge in [0, 0.05) is 91.9 Å². The van der Waals surface area contributed by atoms with E-state index in [-0.39, 0.29) is 17.3 Å². The van der Waals surface area contributed by atoms with Crippen LogP contribution < -0.4 is 26.6 Å². The molecule has 4 aromatic heterocycles. The van der Waals surface area contributed by atoms with Gasteiger partial charge >= 0.3 is 12.1 Å². The normalized spacial score (nSPS) is 14.3. The van der Waals surface area contributed by atoms with Crippen molar-refractivity contribution in [3.05, 3.63) is 124 Å². The first-order valence-corrected chi connectivity index (χ1v) is 22.3. The van der Waals surface area contributed by atoms with Crippen molar-refractivity contribution in [2.45, 2.75) is 63.2 Å². The number of piperidine rings is 1. The highest BCUT2D eigenvalue weighted by molar-refractivity contribution is 6.28. The van der Waals surface area contributed by atoms with Crippen LogP contribution in [0.4, 0.5) is 38.5 Å². The Morgan fingerprint density at radius 3 is 1.60 bits per heavy atom. The number of anilines is 5. The minimum absolute atomic E-state index is 0.181. The zero-order valence-corrected chi connectivity index (χ0v) is 37.2. The van der Waals surface area contributed by atoms with Crippen molar-refractivity contribution in [2.75, 3.05) is 52.8 Å². The van der Waals surface area contributed by atoms with Crippen LogP contribution in [0.15, 0.2) is 85.5 Å². The molecule has 1 saturated heterocycles. The van der Waals surface area contributed by atoms with E-state index in [0.29, 0.717) is 46.4 Å². The lowest BCUT2D eigenvalue weighted by Crippen LogP contribution is -2.31. The molecule has 9 rings (SSSR count). The predicted octanol–water partition coefficient (Wildman–Crippen LogP) is 8.20. The summed E-state index contributed by atoms with van der Waals surface area (Å²) in [5.74, 6) is 15.2. The Hall–Kier alpha value is -7.27. The Morgan fingerprint density at radius 1 is 0.631 bits per heavy atom. The predicted molar refractivity (Wildman–Crippen MR) is 253 cm³/mol. The van der Waals surface area contributed by atoms with E-state index in [1.165, 1.54) is 58.0 Å². The summed E-state index contributed by atoms with van der Waals surface area (Å²) < 4.78 is 3.39. The van der Waals surface area contributed by atoms with Gasteiger partial charge < -0.3 is 20.9 Å². The number of urea groups is 2. The van der Waals surface area contributed by atoms with Crippen molar-refractivity contribution in [1.82, 2.24) is 44.4 Å². The molecule has 0 radical (unpaired) electrons. The molecule has 2 aliphatic carbocycles. The van der Waals surface area contributed by atoms with Crippen LogP contribution in [0.1, 0.15) is 96.8 Å². The van der Waals surface area contributed by atoms with Crippen molar-refractivity contribution < 1.29 is 9.59 Å². The van der Waals surface area contributed by atoms with Crippen molar-refractivity contribution in [2.24, 2.45) is 14.1 Å². The first kappa shape index (κ1) is 44.3. The van der Waals surface area contributed by atoms with Gasteiger partial charge in [-0.1, -0.05) is 42.2 Å². The molecule has 0 spiro atoms. The average Bonchev–Trinajstić information content (AvgIpc) is 4.26. The Kier molecular flexibility index (Phi) is 14.6. The molecule has 3 aliphatic rings. The van der Waals surface area contributed by atoms with Crippen LogP contribution in [0.25, 0.3) is 0 Å². The standard InChI is InChI=1S/C28H34N8O.C20H17ClN6O/c1-35-26(18-25(34-35)23-11-12-23)33-28(37)32-24-8-5-7-21(17-24)9-10-22-19-30-27(31-20-22)29-13-6-16-36-14-3-2-4-15-36;1-27-18(10-17(26-27)15-7-8-15)25-20(28)24-16-4-2-3-13(9-16)5-6-14-11-22-19(21)23-12-14/h5,7-8,17-20,23H,2-4,6,11-16H2,1H3,(H,29,30,31)(H2,32,33,37);2-4,9-12,15H,7-8H2,1H3,(H2,24,25,28). The summed E-state index contributed by atoms with van der Waals surface area (Å²) in [7, 11) is 3.65. The first-order valence-electron chi connectivity index (χ1n) is 21.9. The molecule has 1 aliphatic heterocycles. The lowest BCUT2D eigenvalue weighted by atomic mass is 10.1. The molecular formula is C48H51ClN14O2. The van der Waals surface area contributed by atoms with Gasteiger partial charge in [-0.2, -0.15) is 10.2 Å². The minimum atomic E-state index is -0.332. The molecule has 5 heterocycles. The molecule has 16 nitrogen and oxygen atoms in total. The number of nitrogens with zero attached hydrogens (tertiary/aromatic N) is 9. The van der Waals surface area contributed by atoms with Gasteiger partial charge in [-0.15, -0.1) is 0 Å². The smallest absolute Gasteiger partial charge is 0.324 e. The molecule has 0 atom stereocenters. The highest BCUT2D eigenvalue weighted by Crippen LogP contribution is 2.40. The number of carbonyl (C=O) groups is 2. The van der Waals surface area contributed by atoms with Crippen molar-refractivity contribution in [3.8, 4) is 23.7 Å². The van der Waals surface area contributed by atoms with Gasteiger partial charge in [0.25, 0.3) is 0 Å². The largest absolute Gasteiger partial charge is 0.354 e. The number of aromatic nitrogens is 8. The second-order valence-electron chi connectivity index (χ2n) is 16.2. The Bertz CT molecular complexity index is 2710. The fourth-order valence-electron chi connectivity index (χ4n) is 7.11. The fourth-order valence-corrected chi connectivity index (χ4v) is 7.21. The molecule has 332 valence electrons. The van der Waals surface area contributed by atoms with Crippen LogP contribution in [0.5, 0.6) is 0 Å². The summed E-state index contributed by atoms with van der Waals surface area (Å²) in [6, 6.07) is 17.9. The fraction of sp³-hybridized carbons (Fsp3) is 0.333. The maximum Gasteiger partial charge on any atom is 0.324 e. The van der Waals surface area contributed by atoms with Crippen LogP contribution in [0.3, 0.4) is 0 Å². The highest BCUT2D eigenvalue weighted by Gasteiger charge is 2.28. The number of nitrogens with one attached hydrogen (secondary N) is 5. The molecule has 2 aromatic carbocycles. The van der Waals surface area contributed by atoms with Gasteiger partial charge in [-0.05, 0) is 113 Å². The van der Waals surface area contributed by atoms with Gasteiger partial charge in [0.15, 0.2) is 0 Å². The van der Waals surface area contributed by atoms with Crippen LogP contribution >= 0.6 is 11.6 Å². The van der Waals surface area contributed by atoms with Gasteiger partial charge in [0.2, 0.25) is 11.2 Å². The van der Waals surface area contributed by atoms with Crippen LogP contribution in [-0.4, -0.2) is 82.6 Å². The summed E-state index contributed by atoms with van der Waals surface area (Å²) >= 11 is 5.66. The summed E-state index contributed by atoms with van der Waals surface area (Å²) in [5.41, 5.74) is 6.30. The van der Waals surface area contributed by atoms with Crippen LogP contribution in [0.2, 0.25) is 5.28 Å². The van der Waals surface area contributed by atoms with E-state index in [1.54, 1.807) is 46.3 Å². The zero-order chi connectivity index (χ0) is 45.0. The third kappa shape index (κ3) is 13.6. The number of amides is 4. The zero-order valence-electron chi connectivity index (χ0n) is 36.4. The van der Waals surface area contributed by atoms with Gasteiger partial charge in [-0.3, -0.25) is 20.0 Å². The summed E-state index contributed by atoms with van der Waals surface area (Å²) in [4.78, 5) is 43.9. The number of hydrogen-bond acceptors (Lipinski definition) is 10. The number of halogens is 1. The number of likely N-dealkylation sites (tertiary alicyclic amines) is 1. The van der Waals surface area contributed by atoms with E-state index < -0.39 is 0 Å². The third-order valence-electron chi connectivity index (χ3n) is 10.9. The average molecular weight is 891 g/mol. The van der Waals surface area contributed by atoms with Crippen molar-refractivity contribution in [3.63, 3.8) is 0 Å². The highest BCUT2D eigenvalue weighted by atomic mass is 35.5. The number of rotatable bonds is 11. The summed E-state index contributed by atoms with van der Waals surface area (Å²) in [5, 5.41) is 23.8. The number of benzene rings is 2. The van der Waals surface area contributed by atoms with Gasteiger partial charge in [-0.25, -0.2) is 29.5 Å². The molecule has 65 heavy (non-hydrogen) atoms. The minimum Gasteiger partial charge on any atom is -0.354 e. The Labute approximate surface area is 383 Å². The molecule has 5 N–H and O–H groups in total. The van der Waals surface area contributed by atoms with Gasteiger partial charge in [0.1, 0.15) is 11.6 Å². The van der Waals surface area contributed by atoms with Crippen LogP contribution in [-0.2, 0) is 14.1 Å². The molecule has 4 amide bonds. The van der Waals surface area contributed by atoms with E-state index in [2.05, 4.69) is 85.3 Å². The number of hydrogen-bond donors (Lipinski definition) is 5. The molecule has 3 fully saturated rings. The Balaban J connectivity index is 0.000000184. The summed E-state index contributed by atoms with van der Waals surface area (Å²) in [6.45, 7) is 4.43. The SMILES string of the molecule is Cn1nc(C2CC2)cc1NC(=O)Nc1cccc(C#Cc2cnc(Cl)nc2)c1.Cn1nc(C2CC2)cc1NC(=O)Nc1cccc(C#Cc2cnc(NCCCN3CCCCC3)nc2)c1. The monoisotopic (exact) mass is 890 g/mol. The quantitative estimate of drug-likeness (QED) is 0.0483. The number of carbonyl (C=O) groups excluding carboxylic acids is 2. The first-order chi connectivity index (χ1) is 31.7. The molecule has 17 heteroatoms. The maximum absolute atomic E-state index is 12.5. The molecule has 6 aromatic rings. The Morgan fingerprint density at radius 2 is 1.11 bits per heavy atom. The van der Waals surface area contributed by atoms with Crippen LogP contribution in [0, 0.1) is 23.7 Å². The number of aryl methyl sites for hydroxylation is 2. The van der Waals surface area contributed by atoms with Crippen molar-refractivity contribution >= 4 is 52.6 Å².